The monoisotopic (exact) mass is 275 g/mol. The van der Waals surface area contributed by atoms with Crippen LogP contribution in [0.15, 0.2) is 28.8 Å². The first-order valence-corrected chi connectivity index (χ1v) is 6.36. The molecule has 1 heterocycles. The Labute approximate surface area is 117 Å². The molecule has 0 saturated heterocycles. The molecule has 0 aliphatic carbocycles. The number of rotatable bonds is 6. The minimum atomic E-state index is -0.117. The molecule has 0 fully saturated rings. The number of hydrogen-bond acceptors (Lipinski definition) is 5. The molecule has 2 rings (SSSR count). The molecular weight excluding hydrogens is 258 g/mol. The van der Waals surface area contributed by atoms with E-state index < -0.39 is 0 Å². The number of hydrogen-bond donors (Lipinski definition) is 1. The van der Waals surface area contributed by atoms with E-state index in [0.29, 0.717) is 18.3 Å². The number of methoxy groups -OCH3 is 1. The van der Waals surface area contributed by atoms with Gasteiger partial charge in [0.25, 0.3) is 0 Å². The summed E-state index contributed by atoms with van der Waals surface area (Å²) in [5.41, 5.74) is 1.11. The molecule has 20 heavy (non-hydrogen) atoms. The average molecular weight is 275 g/mol. The van der Waals surface area contributed by atoms with E-state index in [2.05, 4.69) is 15.5 Å². The maximum Gasteiger partial charge on any atom is 0.227 e. The van der Waals surface area contributed by atoms with Gasteiger partial charge in [0.2, 0.25) is 11.8 Å². The SMILES string of the molecule is COc1cccc(CCNC(=O)Cc2noc(C)n2)c1. The summed E-state index contributed by atoms with van der Waals surface area (Å²) in [5, 5.41) is 6.51. The highest BCUT2D eigenvalue weighted by Gasteiger charge is 2.08. The van der Waals surface area contributed by atoms with Crippen LogP contribution in [0.5, 0.6) is 5.75 Å². The summed E-state index contributed by atoms with van der Waals surface area (Å²) >= 11 is 0. The number of nitrogens with zero attached hydrogens (tertiary/aromatic N) is 2. The Balaban J connectivity index is 1.76. The van der Waals surface area contributed by atoms with Crippen LogP contribution >= 0.6 is 0 Å². The van der Waals surface area contributed by atoms with E-state index in [1.165, 1.54) is 0 Å². The summed E-state index contributed by atoms with van der Waals surface area (Å²) < 4.78 is 9.96. The quantitative estimate of drug-likeness (QED) is 0.859. The second-order valence-corrected chi connectivity index (χ2v) is 4.36. The molecule has 1 amide bonds. The van der Waals surface area contributed by atoms with Crippen LogP contribution in [0.3, 0.4) is 0 Å². The van der Waals surface area contributed by atoms with E-state index in [4.69, 9.17) is 9.26 Å². The molecule has 0 aliphatic heterocycles. The average Bonchev–Trinajstić information content (AvgIpc) is 2.84. The van der Waals surface area contributed by atoms with Crippen molar-refractivity contribution < 1.29 is 14.1 Å². The van der Waals surface area contributed by atoms with Gasteiger partial charge in [-0.2, -0.15) is 4.98 Å². The third-order valence-electron chi connectivity index (χ3n) is 2.76. The predicted octanol–water partition coefficient (Wildman–Crippen LogP) is 1.29. The lowest BCUT2D eigenvalue weighted by molar-refractivity contribution is -0.120. The third-order valence-corrected chi connectivity index (χ3v) is 2.76. The standard InChI is InChI=1S/C14H17N3O3/c1-10-16-13(17-20-10)9-14(18)15-7-6-11-4-3-5-12(8-11)19-2/h3-5,8H,6-7,9H2,1-2H3,(H,15,18). The molecular formula is C14H17N3O3. The zero-order chi connectivity index (χ0) is 14.4. The molecule has 6 heteroatoms. The summed E-state index contributed by atoms with van der Waals surface area (Å²) in [6.07, 6.45) is 0.879. The number of carbonyl (C=O) groups is 1. The Bertz CT molecular complexity index is 581. The van der Waals surface area contributed by atoms with Crippen LogP contribution in [0.4, 0.5) is 0 Å². The molecule has 0 radical (unpaired) electrons. The fourth-order valence-electron chi connectivity index (χ4n) is 1.79. The molecule has 0 aliphatic rings. The molecule has 0 spiro atoms. The molecule has 2 aromatic rings. The van der Waals surface area contributed by atoms with Crippen molar-refractivity contribution in [2.75, 3.05) is 13.7 Å². The van der Waals surface area contributed by atoms with Gasteiger partial charge in [0, 0.05) is 13.5 Å². The van der Waals surface area contributed by atoms with Gasteiger partial charge in [0.1, 0.15) is 5.75 Å². The number of ether oxygens (including phenoxy) is 1. The normalized spacial score (nSPS) is 10.3. The van der Waals surface area contributed by atoms with E-state index in [1.54, 1.807) is 14.0 Å². The van der Waals surface area contributed by atoms with Crippen LogP contribution in [0.2, 0.25) is 0 Å². The van der Waals surface area contributed by atoms with Crippen LogP contribution in [-0.2, 0) is 17.6 Å². The molecule has 1 N–H and O–H groups in total. The van der Waals surface area contributed by atoms with Gasteiger partial charge in [-0.05, 0) is 24.1 Å². The molecule has 6 nitrogen and oxygen atoms in total. The topological polar surface area (TPSA) is 77.2 Å². The molecule has 0 bridgehead atoms. The molecule has 0 saturated carbocycles. The number of aromatic nitrogens is 2. The lowest BCUT2D eigenvalue weighted by atomic mass is 10.1. The van der Waals surface area contributed by atoms with E-state index in [9.17, 15) is 4.79 Å². The highest BCUT2D eigenvalue weighted by molar-refractivity contribution is 5.77. The third kappa shape index (κ3) is 4.08. The summed E-state index contributed by atoms with van der Waals surface area (Å²) in [4.78, 5) is 15.7. The maximum absolute atomic E-state index is 11.7. The van der Waals surface area contributed by atoms with Gasteiger partial charge in [0.05, 0.1) is 13.5 Å². The highest BCUT2D eigenvalue weighted by Crippen LogP contribution is 2.12. The first kappa shape index (κ1) is 14.0. The van der Waals surface area contributed by atoms with Crippen molar-refractivity contribution in [3.8, 4) is 5.75 Å². The van der Waals surface area contributed by atoms with Gasteiger partial charge in [-0.15, -0.1) is 0 Å². The minimum absolute atomic E-state index is 0.117. The van der Waals surface area contributed by atoms with E-state index in [1.807, 2.05) is 24.3 Å². The molecule has 1 aromatic carbocycles. The number of carbonyl (C=O) groups excluding carboxylic acids is 1. The Morgan fingerprint density at radius 2 is 2.30 bits per heavy atom. The van der Waals surface area contributed by atoms with E-state index in [0.717, 1.165) is 17.7 Å². The van der Waals surface area contributed by atoms with Crippen molar-refractivity contribution in [3.05, 3.63) is 41.5 Å². The molecule has 0 unspecified atom stereocenters. The van der Waals surface area contributed by atoms with Gasteiger partial charge in [-0.25, -0.2) is 0 Å². The summed E-state index contributed by atoms with van der Waals surface area (Å²) in [6.45, 7) is 2.25. The summed E-state index contributed by atoms with van der Waals surface area (Å²) in [6, 6.07) is 7.77. The highest BCUT2D eigenvalue weighted by atomic mass is 16.5. The first-order chi connectivity index (χ1) is 9.67. The van der Waals surface area contributed by atoms with Gasteiger partial charge in [-0.3, -0.25) is 4.79 Å². The molecule has 1 aromatic heterocycles. The van der Waals surface area contributed by atoms with Gasteiger partial charge in [0.15, 0.2) is 5.82 Å². The van der Waals surface area contributed by atoms with Crippen molar-refractivity contribution in [2.24, 2.45) is 0 Å². The Morgan fingerprint density at radius 1 is 1.45 bits per heavy atom. The summed E-state index contributed by atoms with van der Waals surface area (Å²) in [5.74, 6) is 1.57. The van der Waals surface area contributed by atoms with Gasteiger partial charge in [-0.1, -0.05) is 17.3 Å². The van der Waals surface area contributed by atoms with Gasteiger partial charge >= 0.3 is 0 Å². The zero-order valence-corrected chi connectivity index (χ0v) is 11.5. The smallest absolute Gasteiger partial charge is 0.227 e. The predicted molar refractivity (Wildman–Crippen MR) is 72.4 cm³/mol. The van der Waals surface area contributed by atoms with E-state index in [-0.39, 0.29) is 12.3 Å². The van der Waals surface area contributed by atoms with Crippen molar-refractivity contribution in [2.45, 2.75) is 19.8 Å². The fraction of sp³-hybridized carbons (Fsp3) is 0.357. The summed E-state index contributed by atoms with van der Waals surface area (Å²) in [7, 11) is 1.63. The maximum atomic E-state index is 11.7. The Kier molecular flexibility index (Phi) is 4.70. The van der Waals surface area contributed by atoms with Crippen molar-refractivity contribution in [3.63, 3.8) is 0 Å². The number of amides is 1. The van der Waals surface area contributed by atoms with Crippen LogP contribution < -0.4 is 10.1 Å². The van der Waals surface area contributed by atoms with Crippen LogP contribution in [0.1, 0.15) is 17.3 Å². The van der Waals surface area contributed by atoms with Crippen LogP contribution in [0, 0.1) is 6.92 Å². The van der Waals surface area contributed by atoms with Crippen molar-refractivity contribution in [1.82, 2.24) is 15.5 Å². The van der Waals surface area contributed by atoms with Crippen LogP contribution in [-0.4, -0.2) is 29.7 Å². The van der Waals surface area contributed by atoms with E-state index >= 15 is 0 Å². The van der Waals surface area contributed by atoms with Crippen molar-refractivity contribution in [1.29, 1.82) is 0 Å². The Hall–Kier alpha value is -2.37. The lowest BCUT2D eigenvalue weighted by Gasteiger charge is -2.05. The van der Waals surface area contributed by atoms with Gasteiger partial charge < -0.3 is 14.6 Å². The second-order valence-electron chi connectivity index (χ2n) is 4.36. The zero-order valence-electron chi connectivity index (χ0n) is 11.5. The first-order valence-electron chi connectivity index (χ1n) is 6.36. The minimum Gasteiger partial charge on any atom is -0.497 e. The molecule has 106 valence electrons. The number of benzene rings is 1. The number of nitrogens with one attached hydrogen (secondary N) is 1. The second kappa shape index (κ2) is 6.70. The fourth-order valence-corrected chi connectivity index (χ4v) is 1.79. The van der Waals surface area contributed by atoms with Crippen molar-refractivity contribution >= 4 is 5.91 Å². The molecule has 0 atom stereocenters. The lowest BCUT2D eigenvalue weighted by Crippen LogP contribution is -2.27. The largest absolute Gasteiger partial charge is 0.497 e. The van der Waals surface area contributed by atoms with Crippen LogP contribution in [0.25, 0.3) is 0 Å². The number of aryl methyl sites for hydroxylation is 1. The Morgan fingerprint density at radius 3 is 3.00 bits per heavy atom.